The predicted molar refractivity (Wildman–Crippen MR) is 141 cm³/mol. The summed E-state index contributed by atoms with van der Waals surface area (Å²) in [7, 11) is 0. The highest BCUT2D eigenvalue weighted by atomic mass is 32.2. The highest BCUT2D eigenvalue weighted by Crippen LogP contribution is 2.69. The number of nitrogens with zero attached hydrogens (tertiary/aromatic N) is 1. The molecule has 0 aliphatic heterocycles. The van der Waals surface area contributed by atoms with E-state index in [4.69, 9.17) is 4.98 Å². The van der Waals surface area contributed by atoms with Crippen molar-refractivity contribution in [2.75, 3.05) is 5.75 Å². The second-order valence-corrected chi connectivity index (χ2v) is 14.0. The Balaban J connectivity index is 1.25. The monoisotopic (exact) mass is 507 g/mol. The number of Topliss-reactive ketones (excluding diaryl/α,β-unsaturated/α-hetero) is 1. The number of aromatic nitrogens is 1. The van der Waals surface area contributed by atoms with Gasteiger partial charge in [0.1, 0.15) is 5.78 Å². The second-order valence-electron chi connectivity index (χ2n) is 11.7. The van der Waals surface area contributed by atoms with Gasteiger partial charge >= 0.3 is 0 Å². The Labute approximate surface area is 215 Å². The van der Waals surface area contributed by atoms with Crippen LogP contribution in [0.15, 0.2) is 52.4 Å². The summed E-state index contributed by atoms with van der Waals surface area (Å²) in [5, 5.41) is 11.6. The van der Waals surface area contributed by atoms with Gasteiger partial charge in [-0.15, -0.1) is 11.3 Å². The predicted octanol–water partition coefficient (Wildman–Crippen LogP) is 6.24. The molecule has 184 valence electrons. The number of carbonyl (C=O) groups excluding carboxylic acids is 2. The quantitative estimate of drug-likeness (QED) is 0.496. The van der Waals surface area contributed by atoms with Crippen molar-refractivity contribution in [3.05, 3.63) is 48.1 Å². The number of benzene rings is 1. The number of hydrogen-bond acceptors (Lipinski definition) is 6. The van der Waals surface area contributed by atoms with E-state index in [0.29, 0.717) is 29.8 Å². The van der Waals surface area contributed by atoms with Crippen molar-refractivity contribution in [3.8, 4) is 0 Å². The molecular formula is C29H33NO3S2. The molecule has 4 nitrogen and oxygen atoms in total. The molecule has 4 aliphatic rings. The van der Waals surface area contributed by atoms with Gasteiger partial charge in [0.15, 0.2) is 10.1 Å². The number of carbonyl (C=O) groups is 2. The van der Waals surface area contributed by atoms with Crippen LogP contribution in [-0.2, 0) is 9.59 Å². The molecule has 1 N–H and O–H groups in total. The van der Waals surface area contributed by atoms with Crippen LogP contribution in [0.5, 0.6) is 0 Å². The van der Waals surface area contributed by atoms with Crippen LogP contribution < -0.4 is 0 Å². The van der Waals surface area contributed by atoms with Crippen molar-refractivity contribution in [3.63, 3.8) is 0 Å². The minimum absolute atomic E-state index is 0.0655. The Hall–Kier alpha value is -1.76. The number of aliphatic hydroxyl groups excluding tert-OH is 1. The van der Waals surface area contributed by atoms with Crippen LogP contribution >= 0.6 is 23.1 Å². The first-order valence-electron chi connectivity index (χ1n) is 12.8. The summed E-state index contributed by atoms with van der Waals surface area (Å²) in [5.41, 5.74) is 1.25. The fourth-order valence-corrected chi connectivity index (χ4v) is 10.3. The molecule has 2 aromatic rings. The van der Waals surface area contributed by atoms with E-state index < -0.39 is 11.5 Å². The minimum atomic E-state index is -0.477. The molecule has 35 heavy (non-hydrogen) atoms. The lowest BCUT2D eigenvalue weighted by Crippen LogP contribution is -2.58. The van der Waals surface area contributed by atoms with E-state index in [1.165, 1.54) is 5.57 Å². The zero-order chi connectivity index (χ0) is 24.6. The Morgan fingerprint density at radius 1 is 1.23 bits per heavy atom. The molecule has 1 aromatic heterocycles. The third kappa shape index (κ3) is 3.39. The summed E-state index contributed by atoms with van der Waals surface area (Å²) < 4.78 is 2.10. The number of rotatable bonds is 4. The van der Waals surface area contributed by atoms with Crippen molar-refractivity contribution in [1.82, 2.24) is 4.98 Å². The number of hydrogen-bond donors (Lipinski definition) is 1. The first-order valence-corrected chi connectivity index (χ1v) is 14.6. The van der Waals surface area contributed by atoms with Crippen LogP contribution in [0, 0.1) is 34.0 Å². The summed E-state index contributed by atoms with van der Waals surface area (Å²) >= 11 is 3.21. The number of fused-ring (bicyclic) bond motifs is 6. The number of ketones is 2. The van der Waals surface area contributed by atoms with Gasteiger partial charge in [0, 0.05) is 16.7 Å². The largest absolute Gasteiger partial charge is 0.393 e. The van der Waals surface area contributed by atoms with Gasteiger partial charge in [-0.25, -0.2) is 4.98 Å². The molecular weight excluding hydrogens is 474 g/mol. The summed E-state index contributed by atoms with van der Waals surface area (Å²) in [4.78, 5) is 30.6. The van der Waals surface area contributed by atoms with Gasteiger partial charge in [0.05, 0.1) is 22.1 Å². The van der Waals surface area contributed by atoms with Crippen molar-refractivity contribution in [2.24, 2.45) is 34.0 Å². The lowest BCUT2D eigenvalue weighted by molar-refractivity contribution is -0.151. The Morgan fingerprint density at radius 3 is 2.83 bits per heavy atom. The van der Waals surface area contributed by atoms with Gasteiger partial charge in [0.25, 0.3) is 0 Å². The number of aliphatic hydroxyl groups is 1. The molecule has 0 saturated heterocycles. The standard InChI is InChI=1S/C29H33NO3S2/c1-27-12-10-18(31)14-17(27)8-9-19-20-11-13-28(2,29(20,3)15-22(32)25(19)27)24(33)16-34-26-30-21-6-4-5-7-23(21)35-26/h4-7,10,12,14,19-20,22,25,32H,8-9,11,13,15-16H2,1-3H3/t19?,20?,22-,25?,27?,28+,29?/m0/s1. The second kappa shape index (κ2) is 8.12. The average molecular weight is 508 g/mol. The molecule has 1 aromatic carbocycles. The fourth-order valence-electron chi connectivity index (χ4n) is 8.23. The highest BCUT2D eigenvalue weighted by molar-refractivity contribution is 8.01. The van der Waals surface area contributed by atoms with Crippen LogP contribution in [0.25, 0.3) is 10.2 Å². The number of allylic oxidation sites excluding steroid dienone is 4. The van der Waals surface area contributed by atoms with Crippen molar-refractivity contribution in [2.45, 2.75) is 63.3 Å². The smallest absolute Gasteiger partial charge is 0.178 e. The van der Waals surface area contributed by atoms with E-state index in [0.717, 1.165) is 40.2 Å². The molecule has 0 spiro atoms. The Bertz CT molecular complexity index is 1250. The zero-order valence-corrected chi connectivity index (χ0v) is 22.3. The van der Waals surface area contributed by atoms with Gasteiger partial charge < -0.3 is 5.11 Å². The molecule has 0 bridgehead atoms. The molecule has 4 aliphatic carbocycles. The first kappa shape index (κ1) is 23.6. The topological polar surface area (TPSA) is 67.3 Å². The Morgan fingerprint density at radius 2 is 2.03 bits per heavy atom. The van der Waals surface area contributed by atoms with Crippen molar-refractivity contribution < 1.29 is 14.7 Å². The van der Waals surface area contributed by atoms with E-state index in [9.17, 15) is 14.7 Å². The van der Waals surface area contributed by atoms with Crippen LogP contribution in [0.3, 0.4) is 0 Å². The molecule has 0 radical (unpaired) electrons. The first-order chi connectivity index (χ1) is 16.7. The molecule has 7 atom stereocenters. The average Bonchev–Trinajstić information content (AvgIpc) is 3.36. The van der Waals surface area contributed by atoms with Gasteiger partial charge in [-0.05, 0) is 73.6 Å². The SMILES string of the molecule is CC12C=CC(=O)C=C1CCC1C2[C@@H](O)CC2(C)C1CC[C@]2(C)C(=O)CSc1nc2ccccc2s1. The molecule has 6 rings (SSSR count). The molecule has 3 saturated carbocycles. The number of thioether (sulfide) groups is 1. The van der Waals surface area contributed by atoms with Gasteiger partial charge in [-0.3, -0.25) is 9.59 Å². The summed E-state index contributed by atoms with van der Waals surface area (Å²) in [6.07, 6.45) is 9.55. The van der Waals surface area contributed by atoms with Crippen LogP contribution in [0.1, 0.15) is 52.9 Å². The summed E-state index contributed by atoms with van der Waals surface area (Å²) in [6, 6.07) is 8.11. The van der Waals surface area contributed by atoms with Gasteiger partial charge in [0.2, 0.25) is 0 Å². The van der Waals surface area contributed by atoms with Crippen molar-refractivity contribution in [1.29, 1.82) is 0 Å². The van der Waals surface area contributed by atoms with Crippen LogP contribution in [0.2, 0.25) is 0 Å². The van der Waals surface area contributed by atoms with Gasteiger partial charge in [-0.2, -0.15) is 0 Å². The van der Waals surface area contributed by atoms with Crippen LogP contribution in [-0.4, -0.2) is 33.5 Å². The molecule has 0 amide bonds. The number of thiazole rings is 1. The van der Waals surface area contributed by atoms with E-state index in [1.807, 2.05) is 18.2 Å². The maximum atomic E-state index is 13.8. The van der Waals surface area contributed by atoms with E-state index in [1.54, 1.807) is 35.3 Å². The molecule has 6 heteroatoms. The normalized spacial score (nSPS) is 40.2. The van der Waals surface area contributed by atoms with Crippen LogP contribution in [0.4, 0.5) is 0 Å². The summed E-state index contributed by atoms with van der Waals surface area (Å²) in [5.74, 6) is 1.69. The third-order valence-corrected chi connectivity index (χ3v) is 12.5. The molecule has 5 unspecified atom stereocenters. The fraction of sp³-hybridized carbons (Fsp3) is 0.552. The van der Waals surface area contributed by atoms with E-state index >= 15 is 0 Å². The van der Waals surface area contributed by atoms with Crippen molar-refractivity contribution >= 4 is 44.9 Å². The Kier molecular flexibility index (Phi) is 5.48. The molecule has 3 fully saturated rings. The van der Waals surface area contributed by atoms with E-state index in [2.05, 4.69) is 32.9 Å². The third-order valence-electron chi connectivity index (χ3n) is 10.3. The maximum Gasteiger partial charge on any atom is 0.178 e. The molecule has 1 heterocycles. The highest BCUT2D eigenvalue weighted by Gasteiger charge is 2.66. The van der Waals surface area contributed by atoms with Gasteiger partial charge in [-0.1, -0.05) is 56.3 Å². The van der Waals surface area contributed by atoms with E-state index in [-0.39, 0.29) is 22.5 Å². The number of para-hydroxylation sites is 1. The minimum Gasteiger partial charge on any atom is -0.393 e. The zero-order valence-electron chi connectivity index (χ0n) is 20.6. The lowest BCUT2D eigenvalue weighted by Gasteiger charge is -2.60. The lowest BCUT2D eigenvalue weighted by atomic mass is 9.45. The summed E-state index contributed by atoms with van der Waals surface area (Å²) in [6.45, 7) is 6.65. The maximum absolute atomic E-state index is 13.8.